The molecule has 1 unspecified atom stereocenters. The Kier molecular flexibility index (Phi) is 2.67. The zero-order valence-electron chi connectivity index (χ0n) is 9.55. The van der Waals surface area contributed by atoms with Gasteiger partial charge in [-0.25, -0.2) is 0 Å². The van der Waals surface area contributed by atoms with Crippen LogP contribution >= 0.6 is 0 Å². The molecule has 1 fully saturated rings. The maximum Gasteiger partial charge on any atom is 0.317 e. The van der Waals surface area contributed by atoms with Crippen molar-refractivity contribution in [2.75, 3.05) is 20.1 Å². The number of piperidine rings is 1. The standard InChI is InChI=1S/C10H16N4O2/c1-13-5-3-4-10(7-13,9(15)16)8-6-14(2)12-11-8/h6H,3-5,7H2,1-2H3,(H,15,16). The van der Waals surface area contributed by atoms with Crippen LogP contribution in [-0.2, 0) is 17.3 Å². The zero-order chi connectivity index (χ0) is 11.8. The Morgan fingerprint density at radius 3 is 2.81 bits per heavy atom. The van der Waals surface area contributed by atoms with E-state index in [0.717, 1.165) is 13.0 Å². The number of rotatable bonds is 2. The molecule has 2 rings (SSSR count). The fourth-order valence-electron chi connectivity index (χ4n) is 2.33. The number of likely N-dealkylation sites (N-methyl/N-ethyl adjacent to an activating group) is 1. The second kappa shape index (κ2) is 3.86. The number of likely N-dealkylation sites (tertiary alicyclic amines) is 1. The van der Waals surface area contributed by atoms with Crippen molar-refractivity contribution in [3.8, 4) is 0 Å². The second-order valence-electron chi connectivity index (χ2n) is 4.51. The molecule has 1 saturated heterocycles. The Balaban J connectivity index is 2.39. The maximum absolute atomic E-state index is 11.5. The van der Waals surface area contributed by atoms with E-state index in [1.54, 1.807) is 17.9 Å². The lowest BCUT2D eigenvalue weighted by Crippen LogP contribution is -2.49. The van der Waals surface area contributed by atoms with Crippen molar-refractivity contribution in [3.63, 3.8) is 0 Å². The van der Waals surface area contributed by atoms with E-state index in [2.05, 4.69) is 10.3 Å². The molecule has 1 aromatic heterocycles. The van der Waals surface area contributed by atoms with Gasteiger partial charge >= 0.3 is 5.97 Å². The molecule has 0 bridgehead atoms. The molecule has 16 heavy (non-hydrogen) atoms. The number of aromatic nitrogens is 3. The van der Waals surface area contributed by atoms with Crippen LogP contribution in [0.5, 0.6) is 0 Å². The lowest BCUT2D eigenvalue weighted by Gasteiger charge is -2.36. The smallest absolute Gasteiger partial charge is 0.317 e. The number of carbonyl (C=O) groups is 1. The van der Waals surface area contributed by atoms with Gasteiger partial charge in [0.15, 0.2) is 0 Å². The Hall–Kier alpha value is -1.43. The van der Waals surface area contributed by atoms with Crippen LogP contribution in [0.3, 0.4) is 0 Å². The van der Waals surface area contributed by atoms with Gasteiger partial charge in [-0.2, -0.15) is 0 Å². The van der Waals surface area contributed by atoms with Crippen molar-refractivity contribution >= 4 is 5.97 Å². The molecule has 0 aliphatic carbocycles. The van der Waals surface area contributed by atoms with Crippen LogP contribution in [0.25, 0.3) is 0 Å². The molecule has 1 aliphatic rings. The van der Waals surface area contributed by atoms with Crippen molar-refractivity contribution in [3.05, 3.63) is 11.9 Å². The first-order valence-corrected chi connectivity index (χ1v) is 5.33. The highest BCUT2D eigenvalue weighted by Gasteiger charge is 2.45. The van der Waals surface area contributed by atoms with Crippen LogP contribution in [0.2, 0.25) is 0 Å². The van der Waals surface area contributed by atoms with Crippen LogP contribution in [0.15, 0.2) is 6.20 Å². The van der Waals surface area contributed by atoms with Crippen molar-refractivity contribution < 1.29 is 9.90 Å². The molecule has 6 nitrogen and oxygen atoms in total. The average molecular weight is 224 g/mol. The Morgan fingerprint density at radius 2 is 2.31 bits per heavy atom. The zero-order valence-corrected chi connectivity index (χ0v) is 9.55. The quantitative estimate of drug-likeness (QED) is 0.757. The Bertz CT molecular complexity index is 403. The third-order valence-electron chi connectivity index (χ3n) is 3.19. The summed E-state index contributed by atoms with van der Waals surface area (Å²) in [4.78, 5) is 13.6. The summed E-state index contributed by atoms with van der Waals surface area (Å²) < 4.78 is 1.55. The van der Waals surface area contributed by atoms with Crippen LogP contribution in [0.4, 0.5) is 0 Å². The van der Waals surface area contributed by atoms with Crippen LogP contribution < -0.4 is 0 Å². The van der Waals surface area contributed by atoms with E-state index in [1.165, 1.54) is 0 Å². The lowest BCUT2D eigenvalue weighted by molar-refractivity contribution is -0.146. The first-order chi connectivity index (χ1) is 7.54. The highest BCUT2D eigenvalue weighted by atomic mass is 16.4. The summed E-state index contributed by atoms with van der Waals surface area (Å²) in [6.45, 7) is 1.44. The van der Waals surface area contributed by atoms with E-state index in [0.29, 0.717) is 18.7 Å². The van der Waals surface area contributed by atoms with Crippen molar-refractivity contribution in [1.29, 1.82) is 0 Å². The molecule has 0 radical (unpaired) electrons. The van der Waals surface area contributed by atoms with E-state index in [9.17, 15) is 9.90 Å². The number of aliphatic carboxylic acids is 1. The predicted molar refractivity (Wildman–Crippen MR) is 57.0 cm³/mol. The third kappa shape index (κ3) is 1.69. The summed E-state index contributed by atoms with van der Waals surface area (Å²) >= 11 is 0. The molecule has 1 aromatic rings. The summed E-state index contributed by atoms with van der Waals surface area (Å²) in [6, 6.07) is 0. The third-order valence-corrected chi connectivity index (χ3v) is 3.19. The number of aryl methyl sites for hydroxylation is 1. The molecule has 1 N–H and O–H groups in total. The number of hydrogen-bond acceptors (Lipinski definition) is 4. The largest absolute Gasteiger partial charge is 0.480 e. The molecule has 88 valence electrons. The SMILES string of the molecule is CN1CCCC(C(=O)O)(c2cn(C)nn2)C1. The van der Waals surface area contributed by atoms with Crippen LogP contribution in [0.1, 0.15) is 18.5 Å². The summed E-state index contributed by atoms with van der Waals surface area (Å²) in [7, 11) is 3.69. The Labute approximate surface area is 93.9 Å². The fraction of sp³-hybridized carbons (Fsp3) is 0.700. The van der Waals surface area contributed by atoms with Crippen molar-refractivity contribution in [2.45, 2.75) is 18.3 Å². The van der Waals surface area contributed by atoms with Gasteiger partial charge in [0.05, 0.1) is 0 Å². The van der Waals surface area contributed by atoms with E-state index in [4.69, 9.17) is 0 Å². The van der Waals surface area contributed by atoms with E-state index in [1.807, 2.05) is 11.9 Å². The van der Waals surface area contributed by atoms with Crippen molar-refractivity contribution in [1.82, 2.24) is 19.9 Å². The minimum Gasteiger partial charge on any atom is -0.480 e. The monoisotopic (exact) mass is 224 g/mol. The van der Waals surface area contributed by atoms with Gasteiger partial charge in [-0.15, -0.1) is 5.10 Å². The average Bonchev–Trinajstić information content (AvgIpc) is 2.65. The first kappa shape index (κ1) is 11.1. The van der Waals surface area contributed by atoms with Gasteiger partial charge in [0.1, 0.15) is 11.1 Å². The van der Waals surface area contributed by atoms with Gasteiger partial charge in [-0.05, 0) is 26.4 Å². The molecular weight excluding hydrogens is 208 g/mol. The molecule has 0 amide bonds. The minimum atomic E-state index is -0.888. The Morgan fingerprint density at radius 1 is 1.56 bits per heavy atom. The van der Waals surface area contributed by atoms with Crippen LogP contribution in [-0.4, -0.2) is 51.1 Å². The van der Waals surface area contributed by atoms with Crippen LogP contribution in [0, 0.1) is 0 Å². The molecule has 0 spiro atoms. The lowest BCUT2D eigenvalue weighted by atomic mass is 9.77. The summed E-state index contributed by atoms with van der Waals surface area (Å²) in [6.07, 6.45) is 3.21. The van der Waals surface area contributed by atoms with E-state index in [-0.39, 0.29) is 0 Å². The molecule has 1 atom stereocenters. The van der Waals surface area contributed by atoms with E-state index >= 15 is 0 Å². The number of carboxylic acids is 1. The highest BCUT2D eigenvalue weighted by Crippen LogP contribution is 2.32. The van der Waals surface area contributed by atoms with Crippen molar-refractivity contribution in [2.24, 2.45) is 7.05 Å². The summed E-state index contributed by atoms with van der Waals surface area (Å²) in [5, 5.41) is 17.3. The fourth-order valence-corrected chi connectivity index (χ4v) is 2.33. The van der Waals surface area contributed by atoms with Gasteiger partial charge in [0.25, 0.3) is 0 Å². The molecule has 2 heterocycles. The number of hydrogen-bond donors (Lipinski definition) is 1. The topological polar surface area (TPSA) is 71.2 Å². The number of carboxylic acid groups (broad SMARTS) is 1. The molecular formula is C10H16N4O2. The normalized spacial score (nSPS) is 26.9. The second-order valence-corrected chi connectivity index (χ2v) is 4.51. The van der Waals surface area contributed by atoms with Gasteiger partial charge in [-0.3, -0.25) is 9.48 Å². The number of nitrogens with zero attached hydrogens (tertiary/aromatic N) is 4. The molecule has 1 aliphatic heterocycles. The maximum atomic E-state index is 11.5. The van der Waals surface area contributed by atoms with Gasteiger partial charge < -0.3 is 10.0 Å². The van der Waals surface area contributed by atoms with Gasteiger partial charge in [-0.1, -0.05) is 5.21 Å². The molecule has 0 aromatic carbocycles. The van der Waals surface area contributed by atoms with Gasteiger partial charge in [0.2, 0.25) is 0 Å². The predicted octanol–water partition coefficient (Wildman–Crippen LogP) is -0.137. The van der Waals surface area contributed by atoms with Gasteiger partial charge in [0, 0.05) is 19.8 Å². The molecule has 6 heteroatoms. The summed E-state index contributed by atoms with van der Waals surface area (Å²) in [5.74, 6) is -0.806. The first-order valence-electron chi connectivity index (χ1n) is 5.33. The highest BCUT2D eigenvalue weighted by molar-refractivity contribution is 5.81. The summed E-state index contributed by atoms with van der Waals surface area (Å²) in [5.41, 5.74) is -0.324. The minimum absolute atomic E-state index is 0.501. The van der Waals surface area contributed by atoms with E-state index < -0.39 is 11.4 Å². The molecule has 0 saturated carbocycles.